The number of rotatable bonds is 6. The Balaban J connectivity index is 1.12. The highest BCUT2D eigenvalue weighted by molar-refractivity contribution is 5.88. The van der Waals surface area contributed by atoms with E-state index in [0.29, 0.717) is 44.3 Å². The van der Waals surface area contributed by atoms with Gasteiger partial charge in [-0.3, -0.25) is 9.69 Å². The highest BCUT2D eigenvalue weighted by Gasteiger charge is 2.23. The molecule has 1 aliphatic heterocycles. The van der Waals surface area contributed by atoms with Gasteiger partial charge < -0.3 is 14.3 Å². The molecule has 1 saturated heterocycles. The summed E-state index contributed by atoms with van der Waals surface area (Å²) in [6.07, 6.45) is 3.02. The molecule has 0 unspecified atom stereocenters. The lowest BCUT2D eigenvalue weighted by Crippen LogP contribution is -2.48. The van der Waals surface area contributed by atoms with Gasteiger partial charge in [0.25, 0.3) is 0 Å². The second-order valence-corrected chi connectivity index (χ2v) is 7.95. The lowest BCUT2D eigenvalue weighted by molar-refractivity contribution is -0.132. The molecule has 1 amide bonds. The van der Waals surface area contributed by atoms with Crippen LogP contribution in [0.2, 0.25) is 0 Å². The number of para-hydroxylation sites is 1. The van der Waals surface area contributed by atoms with Crippen molar-refractivity contribution in [3.63, 3.8) is 0 Å². The smallest absolute Gasteiger partial charge is 0.230 e. The Bertz CT molecular complexity index is 1160. The van der Waals surface area contributed by atoms with Crippen molar-refractivity contribution in [3.05, 3.63) is 83.7 Å². The largest absolute Gasteiger partial charge is 0.424 e. The van der Waals surface area contributed by atoms with Gasteiger partial charge in [0, 0.05) is 43.3 Å². The molecule has 2 aromatic heterocycles. The third-order valence-corrected chi connectivity index (χ3v) is 5.81. The number of nitrogens with one attached hydrogen (secondary N) is 1. The number of benzene rings is 2. The molecule has 7 heteroatoms. The number of fused-ring (bicyclic) bond motifs is 1. The molecule has 5 rings (SSSR count). The average Bonchev–Trinajstić information content (AvgIpc) is 3.42. The first-order chi connectivity index (χ1) is 15.2. The lowest BCUT2D eigenvalue weighted by atomic mass is 10.1. The molecule has 0 spiro atoms. The van der Waals surface area contributed by atoms with Crippen LogP contribution in [0, 0.1) is 0 Å². The second-order valence-electron chi connectivity index (χ2n) is 7.95. The summed E-state index contributed by atoms with van der Waals surface area (Å²) in [5, 5.41) is 9.50. The molecule has 0 saturated carbocycles. The van der Waals surface area contributed by atoms with Crippen LogP contribution >= 0.6 is 0 Å². The molecule has 0 radical (unpaired) electrons. The molecule has 0 bridgehead atoms. The van der Waals surface area contributed by atoms with E-state index in [1.165, 1.54) is 0 Å². The van der Waals surface area contributed by atoms with Gasteiger partial charge in [-0.05, 0) is 17.2 Å². The van der Waals surface area contributed by atoms with E-state index < -0.39 is 0 Å². The maximum Gasteiger partial charge on any atom is 0.230 e. The lowest BCUT2D eigenvalue weighted by Gasteiger charge is -2.34. The summed E-state index contributed by atoms with van der Waals surface area (Å²) in [6, 6.07) is 18.2. The number of aromatic nitrogens is 3. The number of carbonyl (C=O) groups excluding carboxylic acids is 1. The quantitative estimate of drug-likeness (QED) is 0.524. The Hall–Kier alpha value is -3.45. The average molecular weight is 415 g/mol. The number of nitrogens with zero attached hydrogens (tertiary/aromatic N) is 4. The highest BCUT2D eigenvalue weighted by atomic mass is 16.4. The van der Waals surface area contributed by atoms with Crippen LogP contribution in [0.4, 0.5) is 0 Å². The molecular weight excluding hydrogens is 390 g/mol. The third kappa shape index (κ3) is 4.51. The monoisotopic (exact) mass is 415 g/mol. The van der Waals surface area contributed by atoms with Gasteiger partial charge >= 0.3 is 0 Å². The molecule has 2 aromatic carbocycles. The fourth-order valence-electron chi connectivity index (χ4n) is 4.09. The summed E-state index contributed by atoms with van der Waals surface area (Å²) in [5.41, 5.74) is 3.28. The van der Waals surface area contributed by atoms with Crippen molar-refractivity contribution in [1.29, 1.82) is 0 Å². The normalized spacial score (nSPS) is 14.9. The van der Waals surface area contributed by atoms with Gasteiger partial charge in [-0.1, -0.05) is 48.5 Å². The van der Waals surface area contributed by atoms with Gasteiger partial charge in [-0.25, -0.2) is 0 Å². The van der Waals surface area contributed by atoms with Gasteiger partial charge in [-0.2, -0.15) is 0 Å². The van der Waals surface area contributed by atoms with Gasteiger partial charge in [0.05, 0.1) is 19.4 Å². The Kier molecular flexibility index (Phi) is 5.50. The van der Waals surface area contributed by atoms with Gasteiger partial charge in [0.2, 0.25) is 17.7 Å². The van der Waals surface area contributed by atoms with Crippen LogP contribution in [0.1, 0.15) is 22.9 Å². The fraction of sp³-hybridized carbons (Fsp3) is 0.292. The molecule has 1 N–H and O–H groups in total. The summed E-state index contributed by atoms with van der Waals surface area (Å²) in [5.74, 6) is 1.44. The maximum absolute atomic E-state index is 12.8. The van der Waals surface area contributed by atoms with Crippen molar-refractivity contribution in [2.75, 3.05) is 26.2 Å². The van der Waals surface area contributed by atoms with Crippen LogP contribution in [-0.2, 0) is 24.2 Å². The Morgan fingerprint density at radius 1 is 0.935 bits per heavy atom. The number of H-pyrrole nitrogens is 1. The molecule has 0 aliphatic carbocycles. The first-order valence-corrected chi connectivity index (χ1v) is 10.6. The summed E-state index contributed by atoms with van der Waals surface area (Å²) >= 11 is 0. The van der Waals surface area contributed by atoms with E-state index in [1.807, 2.05) is 47.5 Å². The number of amides is 1. The fourth-order valence-corrected chi connectivity index (χ4v) is 4.09. The van der Waals surface area contributed by atoms with Crippen molar-refractivity contribution >= 4 is 16.8 Å². The number of aromatic amines is 1. The topological polar surface area (TPSA) is 78.3 Å². The molecule has 4 aromatic rings. The molecule has 3 heterocycles. The SMILES string of the molecule is O=C(Cc1c[nH]c2ccccc12)N1CCN(Cc2nnc(Cc3ccccc3)o2)CC1. The van der Waals surface area contributed by atoms with Crippen molar-refractivity contribution in [2.45, 2.75) is 19.4 Å². The summed E-state index contributed by atoms with van der Waals surface area (Å²) in [6.45, 7) is 3.65. The van der Waals surface area contributed by atoms with E-state index in [0.717, 1.165) is 35.1 Å². The minimum absolute atomic E-state index is 0.173. The number of hydrogen-bond donors (Lipinski definition) is 1. The summed E-state index contributed by atoms with van der Waals surface area (Å²) < 4.78 is 5.83. The molecule has 158 valence electrons. The molecule has 7 nitrogen and oxygen atoms in total. The van der Waals surface area contributed by atoms with Crippen LogP contribution in [0.3, 0.4) is 0 Å². The molecule has 0 atom stereocenters. The van der Waals surface area contributed by atoms with E-state index in [9.17, 15) is 4.79 Å². The van der Waals surface area contributed by atoms with Crippen molar-refractivity contribution < 1.29 is 9.21 Å². The van der Waals surface area contributed by atoms with E-state index in [-0.39, 0.29) is 5.91 Å². The standard InChI is InChI=1S/C24H25N5O2/c30-24(15-19-16-25-21-9-5-4-8-20(19)21)29-12-10-28(11-13-29)17-23-27-26-22(31-23)14-18-6-2-1-3-7-18/h1-9,16,25H,10-15,17H2. The number of piperazine rings is 1. The number of hydrogen-bond acceptors (Lipinski definition) is 5. The third-order valence-electron chi connectivity index (χ3n) is 5.81. The van der Waals surface area contributed by atoms with E-state index in [4.69, 9.17) is 4.42 Å². The predicted octanol–water partition coefficient (Wildman–Crippen LogP) is 3.03. The minimum atomic E-state index is 0.173. The molecule has 31 heavy (non-hydrogen) atoms. The van der Waals surface area contributed by atoms with Gasteiger partial charge in [0.15, 0.2) is 0 Å². The summed E-state index contributed by atoms with van der Waals surface area (Å²) in [7, 11) is 0. The first kappa shape index (κ1) is 19.5. The van der Waals surface area contributed by atoms with Gasteiger partial charge in [-0.15, -0.1) is 10.2 Å². The predicted molar refractivity (Wildman–Crippen MR) is 117 cm³/mol. The van der Waals surface area contributed by atoms with Crippen LogP contribution < -0.4 is 0 Å². The Morgan fingerprint density at radius 3 is 2.52 bits per heavy atom. The van der Waals surface area contributed by atoms with Crippen molar-refractivity contribution in [1.82, 2.24) is 25.0 Å². The van der Waals surface area contributed by atoms with Gasteiger partial charge in [0.1, 0.15) is 0 Å². The van der Waals surface area contributed by atoms with Crippen LogP contribution in [0.15, 0.2) is 65.2 Å². The number of carbonyl (C=O) groups is 1. The maximum atomic E-state index is 12.8. The molecular formula is C24H25N5O2. The van der Waals surface area contributed by atoms with Crippen LogP contribution in [-0.4, -0.2) is 57.1 Å². The van der Waals surface area contributed by atoms with Crippen molar-refractivity contribution in [3.8, 4) is 0 Å². The Labute approximate surface area is 180 Å². The molecule has 1 fully saturated rings. The second kappa shape index (κ2) is 8.73. The van der Waals surface area contributed by atoms with E-state index in [2.05, 4.69) is 38.3 Å². The molecule has 1 aliphatic rings. The van der Waals surface area contributed by atoms with E-state index in [1.54, 1.807) is 0 Å². The van der Waals surface area contributed by atoms with Crippen LogP contribution in [0.25, 0.3) is 10.9 Å². The first-order valence-electron chi connectivity index (χ1n) is 10.6. The highest BCUT2D eigenvalue weighted by Crippen LogP contribution is 2.19. The Morgan fingerprint density at radius 2 is 1.68 bits per heavy atom. The zero-order valence-corrected chi connectivity index (χ0v) is 17.3. The zero-order chi connectivity index (χ0) is 21.0. The zero-order valence-electron chi connectivity index (χ0n) is 17.3. The summed E-state index contributed by atoms with van der Waals surface area (Å²) in [4.78, 5) is 20.3. The minimum Gasteiger partial charge on any atom is -0.424 e. The van der Waals surface area contributed by atoms with E-state index >= 15 is 0 Å². The van der Waals surface area contributed by atoms with Crippen molar-refractivity contribution in [2.24, 2.45) is 0 Å². The van der Waals surface area contributed by atoms with Crippen LogP contribution in [0.5, 0.6) is 0 Å².